The summed E-state index contributed by atoms with van der Waals surface area (Å²) in [5, 5.41) is 0.394. The topological polar surface area (TPSA) is 52.3 Å². The summed E-state index contributed by atoms with van der Waals surface area (Å²) < 4.78 is 5.64. The molecule has 19 heavy (non-hydrogen) atoms. The molecule has 0 spiro atoms. The number of nitrogens with two attached hydrogens (primary N) is 1. The van der Waals surface area contributed by atoms with Crippen LogP contribution in [0.1, 0.15) is 49.4 Å². The summed E-state index contributed by atoms with van der Waals surface area (Å²) in [6.07, 6.45) is 5.50. The Kier molecular flexibility index (Phi) is 4.70. The third-order valence-corrected chi connectivity index (χ3v) is 4.22. The normalized spacial score (nSPS) is 23.1. The quantitative estimate of drug-likeness (QED) is 0.672. The van der Waals surface area contributed by atoms with E-state index in [1.54, 1.807) is 18.2 Å². The first-order chi connectivity index (χ1) is 9.13. The zero-order chi connectivity index (χ0) is 13.8. The molecular weight excluding hydrogens is 262 g/mol. The fraction of sp³-hybridized carbons (Fsp3) is 0.533. The summed E-state index contributed by atoms with van der Waals surface area (Å²) in [7, 11) is 0. The van der Waals surface area contributed by atoms with Gasteiger partial charge in [0.2, 0.25) is 0 Å². The third-order valence-electron chi connectivity index (χ3n) is 3.89. The van der Waals surface area contributed by atoms with Gasteiger partial charge in [-0.05, 0) is 43.7 Å². The number of nitrogen functional groups attached to an aromatic ring is 1. The van der Waals surface area contributed by atoms with Crippen LogP contribution < -0.4 is 5.73 Å². The Morgan fingerprint density at radius 3 is 2.89 bits per heavy atom. The van der Waals surface area contributed by atoms with E-state index < -0.39 is 0 Å². The number of benzene rings is 1. The summed E-state index contributed by atoms with van der Waals surface area (Å²) in [4.78, 5) is 12.2. The maximum absolute atomic E-state index is 12.2. The van der Waals surface area contributed by atoms with Gasteiger partial charge in [-0.2, -0.15) is 0 Å². The lowest BCUT2D eigenvalue weighted by Crippen LogP contribution is -2.30. The van der Waals surface area contributed by atoms with E-state index in [-0.39, 0.29) is 12.1 Å². The number of para-hydroxylation sites is 1. The highest BCUT2D eigenvalue weighted by atomic mass is 35.5. The monoisotopic (exact) mass is 281 g/mol. The first-order valence-corrected chi connectivity index (χ1v) is 7.26. The van der Waals surface area contributed by atoms with Crippen molar-refractivity contribution in [1.29, 1.82) is 0 Å². The molecule has 1 saturated carbocycles. The van der Waals surface area contributed by atoms with Gasteiger partial charge < -0.3 is 10.5 Å². The van der Waals surface area contributed by atoms with E-state index in [2.05, 4.69) is 6.92 Å². The Hall–Kier alpha value is -1.22. The number of halogens is 1. The van der Waals surface area contributed by atoms with E-state index in [1.807, 2.05) is 0 Å². The minimum atomic E-state index is -0.356. The lowest BCUT2D eigenvalue weighted by Gasteiger charge is -2.30. The van der Waals surface area contributed by atoms with E-state index >= 15 is 0 Å². The SMILES string of the molecule is CCC1CCCCC1OC(=O)c1cccc(Cl)c1N. The predicted molar refractivity (Wildman–Crippen MR) is 77.3 cm³/mol. The maximum atomic E-state index is 12.2. The summed E-state index contributed by atoms with van der Waals surface area (Å²) in [5.74, 6) is 0.114. The summed E-state index contributed by atoms with van der Waals surface area (Å²) in [6.45, 7) is 2.14. The minimum Gasteiger partial charge on any atom is -0.458 e. The molecule has 0 aromatic heterocycles. The zero-order valence-corrected chi connectivity index (χ0v) is 12.0. The van der Waals surface area contributed by atoms with E-state index in [1.165, 1.54) is 6.42 Å². The van der Waals surface area contributed by atoms with E-state index in [4.69, 9.17) is 22.1 Å². The van der Waals surface area contributed by atoms with Crippen molar-refractivity contribution in [3.63, 3.8) is 0 Å². The fourth-order valence-corrected chi connectivity index (χ4v) is 2.89. The number of ether oxygens (including phenoxy) is 1. The lowest BCUT2D eigenvalue weighted by molar-refractivity contribution is 0.000821. The molecule has 3 nitrogen and oxygen atoms in total. The molecular formula is C15H20ClNO2. The zero-order valence-electron chi connectivity index (χ0n) is 11.2. The molecule has 4 heteroatoms. The van der Waals surface area contributed by atoms with Crippen molar-refractivity contribution in [3.05, 3.63) is 28.8 Å². The van der Waals surface area contributed by atoms with Crippen molar-refractivity contribution in [3.8, 4) is 0 Å². The van der Waals surface area contributed by atoms with Crippen molar-refractivity contribution >= 4 is 23.3 Å². The fourth-order valence-electron chi connectivity index (χ4n) is 2.71. The second-order valence-corrected chi connectivity index (χ2v) is 5.50. The number of anilines is 1. The van der Waals surface area contributed by atoms with Gasteiger partial charge in [0.15, 0.2) is 0 Å². The molecule has 0 amide bonds. The van der Waals surface area contributed by atoms with Gasteiger partial charge >= 0.3 is 5.97 Å². The van der Waals surface area contributed by atoms with Gasteiger partial charge in [0.1, 0.15) is 6.10 Å². The number of carbonyl (C=O) groups excluding carboxylic acids is 1. The molecule has 1 aliphatic carbocycles. The van der Waals surface area contributed by atoms with Crippen molar-refractivity contribution in [1.82, 2.24) is 0 Å². The first kappa shape index (κ1) is 14.2. The molecule has 2 atom stereocenters. The molecule has 0 aliphatic heterocycles. The highest BCUT2D eigenvalue weighted by molar-refractivity contribution is 6.33. The van der Waals surface area contributed by atoms with Crippen LogP contribution in [0.5, 0.6) is 0 Å². The second-order valence-electron chi connectivity index (χ2n) is 5.10. The Morgan fingerprint density at radius 1 is 1.42 bits per heavy atom. The molecule has 0 bridgehead atoms. The van der Waals surface area contributed by atoms with Gasteiger partial charge in [-0.3, -0.25) is 0 Å². The van der Waals surface area contributed by atoms with Crippen LogP contribution in [-0.4, -0.2) is 12.1 Å². The van der Waals surface area contributed by atoms with Crippen molar-refractivity contribution < 1.29 is 9.53 Å². The Morgan fingerprint density at radius 2 is 2.16 bits per heavy atom. The van der Waals surface area contributed by atoms with E-state index in [9.17, 15) is 4.79 Å². The number of esters is 1. The van der Waals surface area contributed by atoms with Crippen LogP contribution >= 0.6 is 11.6 Å². The van der Waals surface area contributed by atoms with Gasteiger partial charge in [0, 0.05) is 0 Å². The average Bonchev–Trinajstić information content (AvgIpc) is 2.42. The summed E-state index contributed by atoms with van der Waals surface area (Å²) in [6, 6.07) is 5.05. The molecule has 2 rings (SSSR count). The highest BCUT2D eigenvalue weighted by Crippen LogP contribution is 2.31. The van der Waals surface area contributed by atoms with E-state index in [0.29, 0.717) is 22.2 Å². The Bertz CT molecular complexity index is 461. The Balaban J connectivity index is 2.09. The van der Waals surface area contributed by atoms with Crippen LogP contribution in [0, 0.1) is 5.92 Å². The number of carbonyl (C=O) groups is 1. The molecule has 1 aliphatic rings. The highest BCUT2D eigenvalue weighted by Gasteiger charge is 2.28. The molecule has 0 heterocycles. The largest absolute Gasteiger partial charge is 0.458 e. The molecule has 1 fully saturated rings. The number of hydrogen-bond donors (Lipinski definition) is 1. The van der Waals surface area contributed by atoms with E-state index in [0.717, 1.165) is 25.7 Å². The van der Waals surface area contributed by atoms with Crippen LogP contribution in [0.2, 0.25) is 5.02 Å². The summed E-state index contributed by atoms with van der Waals surface area (Å²) >= 11 is 5.92. The predicted octanol–water partition coefficient (Wildman–Crippen LogP) is 4.05. The molecule has 0 saturated heterocycles. The lowest BCUT2D eigenvalue weighted by atomic mass is 9.85. The summed E-state index contributed by atoms with van der Waals surface area (Å²) in [5.41, 5.74) is 6.50. The van der Waals surface area contributed by atoms with Gasteiger partial charge in [-0.25, -0.2) is 4.79 Å². The molecule has 104 valence electrons. The van der Waals surface area contributed by atoms with Gasteiger partial charge in [-0.1, -0.05) is 31.0 Å². The molecule has 1 aromatic carbocycles. The molecule has 2 N–H and O–H groups in total. The third kappa shape index (κ3) is 3.21. The standard InChI is InChI=1S/C15H20ClNO2/c1-2-10-6-3-4-9-13(10)19-15(18)11-7-5-8-12(16)14(11)17/h5,7-8,10,13H,2-4,6,9,17H2,1H3. The smallest absolute Gasteiger partial charge is 0.340 e. The van der Waals surface area contributed by atoms with Crippen LogP contribution in [0.15, 0.2) is 18.2 Å². The van der Waals surface area contributed by atoms with Crippen molar-refractivity contribution in [2.45, 2.75) is 45.1 Å². The minimum absolute atomic E-state index is 0.0182. The first-order valence-electron chi connectivity index (χ1n) is 6.88. The van der Waals surface area contributed by atoms with Crippen molar-refractivity contribution in [2.24, 2.45) is 5.92 Å². The Labute approximate surface area is 119 Å². The van der Waals surface area contributed by atoms with Crippen LogP contribution in [0.3, 0.4) is 0 Å². The van der Waals surface area contributed by atoms with Gasteiger partial charge in [0.05, 0.1) is 16.3 Å². The molecule has 0 radical (unpaired) electrons. The number of rotatable bonds is 3. The van der Waals surface area contributed by atoms with Gasteiger partial charge in [-0.15, -0.1) is 0 Å². The second kappa shape index (κ2) is 6.29. The van der Waals surface area contributed by atoms with Crippen LogP contribution in [0.25, 0.3) is 0 Å². The molecule has 1 aromatic rings. The van der Waals surface area contributed by atoms with Crippen LogP contribution in [-0.2, 0) is 4.74 Å². The molecule has 2 unspecified atom stereocenters. The maximum Gasteiger partial charge on any atom is 0.340 e. The van der Waals surface area contributed by atoms with Crippen LogP contribution in [0.4, 0.5) is 5.69 Å². The number of hydrogen-bond acceptors (Lipinski definition) is 3. The van der Waals surface area contributed by atoms with Gasteiger partial charge in [0.25, 0.3) is 0 Å². The average molecular weight is 282 g/mol. The van der Waals surface area contributed by atoms with Crippen molar-refractivity contribution in [2.75, 3.05) is 5.73 Å².